The van der Waals surface area contributed by atoms with E-state index in [1.165, 1.54) is 0 Å². The Morgan fingerprint density at radius 3 is 1.46 bits per heavy atom. The van der Waals surface area contributed by atoms with Gasteiger partial charge in [0.2, 0.25) is 5.95 Å². The van der Waals surface area contributed by atoms with Crippen molar-refractivity contribution in [2.75, 3.05) is 5.73 Å². The monoisotopic (exact) mass is 183 g/mol. The van der Waals surface area contributed by atoms with Crippen LogP contribution >= 0.6 is 0 Å². The highest BCUT2D eigenvalue weighted by molar-refractivity contribution is 5.20. The summed E-state index contributed by atoms with van der Waals surface area (Å²) in [5.41, 5.74) is 7.17. The highest BCUT2D eigenvalue weighted by Crippen LogP contribution is 1.98. The summed E-state index contributed by atoms with van der Waals surface area (Å²) in [5, 5.41) is 0. The van der Waals surface area contributed by atoms with Gasteiger partial charge in [-0.3, -0.25) is 0 Å². The lowest BCUT2D eigenvalue weighted by atomic mass is 10.4. The van der Waals surface area contributed by atoms with Crippen LogP contribution in [-0.2, 0) is 0 Å². The van der Waals surface area contributed by atoms with E-state index in [0.29, 0.717) is 5.95 Å². The number of hydrogen-bond donors (Lipinski definition) is 1. The largest absolute Gasteiger partial charge is 0.368 e. The van der Waals surface area contributed by atoms with Gasteiger partial charge in [-0.25, -0.2) is 9.97 Å². The first-order chi connectivity index (χ1) is 6.18. The molecule has 0 amide bonds. The number of hydrogen-bond acceptors (Lipinski definition) is 3. The summed E-state index contributed by atoms with van der Waals surface area (Å²) >= 11 is 0. The van der Waals surface area contributed by atoms with E-state index < -0.39 is 0 Å². The lowest BCUT2D eigenvalue weighted by Crippen LogP contribution is -1.97. The van der Waals surface area contributed by atoms with E-state index in [1.54, 1.807) is 0 Å². The molecule has 0 aromatic carbocycles. The molecule has 1 heterocycles. The molecule has 0 radical (unpaired) electrons. The fourth-order valence-electron chi connectivity index (χ4n) is 0.753. The summed E-state index contributed by atoms with van der Waals surface area (Å²) in [6, 6.07) is 1.89. The van der Waals surface area contributed by atoms with E-state index in [4.69, 9.17) is 5.73 Å². The lowest BCUT2D eigenvalue weighted by Gasteiger charge is -1.94. The zero-order valence-electron chi connectivity index (χ0n) is 9.55. The second-order valence-electron chi connectivity index (χ2n) is 2.01. The molecule has 1 aromatic heterocycles. The summed E-state index contributed by atoms with van der Waals surface area (Å²) in [7, 11) is 0. The highest BCUT2D eigenvalue weighted by Gasteiger charge is 1.90. The molecule has 0 unspecified atom stereocenters. The third-order valence-electron chi connectivity index (χ3n) is 1.000. The third kappa shape index (κ3) is 7.25. The van der Waals surface area contributed by atoms with Gasteiger partial charge >= 0.3 is 0 Å². The average molecular weight is 183 g/mol. The second-order valence-corrected chi connectivity index (χ2v) is 2.01. The van der Waals surface area contributed by atoms with Gasteiger partial charge in [0.1, 0.15) is 0 Å². The molecule has 3 heteroatoms. The van der Waals surface area contributed by atoms with E-state index in [0.717, 1.165) is 11.4 Å². The molecule has 0 saturated carbocycles. The molecule has 3 nitrogen and oxygen atoms in total. The van der Waals surface area contributed by atoms with Crippen molar-refractivity contribution in [3.63, 3.8) is 0 Å². The maximum atomic E-state index is 5.34. The van der Waals surface area contributed by atoms with Crippen molar-refractivity contribution in [1.29, 1.82) is 0 Å². The Morgan fingerprint density at radius 1 is 0.923 bits per heavy atom. The predicted molar refractivity (Wildman–Crippen MR) is 58.6 cm³/mol. The Bertz CT molecular complexity index is 171. The van der Waals surface area contributed by atoms with Crippen molar-refractivity contribution >= 4 is 5.95 Å². The first-order valence-electron chi connectivity index (χ1n) is 4.76. The van der Waals surface area contributed by atoms with Gasteiger partial charge in [0.25, 0.3) is 0 Å². The molecule has 1 aromatic rings. The molecule has 0 fully saturated rings. The number of anilines is 1. The van der Waals surface area contributed by atoms with E-state index in [9.17, 15) is 0 Å². The van der Waals surface area contributed by atoms with Crippen LogP contribution < -0.4 is 5.73 Å². The van der Waals surface area contributed by atoms with E-state index in [-0.39, 0.29) is 0 Å². The van der Waals surface area contributed by atoms with Crippen LogP contribution in [0.25, 0.3) is 0 Å². The maximum absolute atomic E-state index is 5.34. The van der Waals surface area contributed by atoms with Crippen LogP contribution in [0.1, 0.15) is 39.1 Å². The molecular formula is C10H21N3. The number of nitrogen functional groups attached to an aromatic ring is 1. The van der Waals surface area contributed by atoms with Gasteiger partial charge in [0.05, 0.1) is 0 Å². The van der Waals surface area contributed by atoms with Gasteiger partial charge in [-0.2, -0.15) is 0 Å². The average Bonchev–Trinajstić information content (AvgIpc) is 2.09. The first kappa shape index (κ1) is 14.4. The summed E-state index contributed by atoms with van der Waals surface area (Å²) < 4.78 is 0. The van der Waals surface area contributed by atoms with Gasteiger partial charge in [-0.15, -0.1) is 0 Å². The Morgan fingerprint density at radius 2 is 1.23 bits per heavy atom. The number of rotatable bonds is 0. The van der Waals surface area contributed by atoms with E-state index >= 15 is 0 Å². The van der Waals surface area contributed by atoms with Crippen molar-refractivity contribution in [2.24, 2.45) is 0 Å². The van der Waals surface area contributed by atoms with Gasteiger partial charge in [-0.1, -0.05) is 27.7 Å². The Hall–Kier alpha value is -1.12. The van der Waals surface area contributed by atoms with Crippen LogP contribution in [-0.4, -0.2) is 9.97 Å². The fourth-order valence-corrected chi connectivity index (χ4v) is 0.753. The molecule has 1 rings (SSSR count). The molecule has 76 valence electrons. The summed E-state index contributed by atoms with van der Waals surface area (Å²) in [5.74, 6) is 0.354. The molecule has 0 aliphatic rings. The van der Waals surface area contributed by atoms with Gasteiger partial charge < -0.3 is 5.73 Å². The van der Waals surface area contributed by atoms with Crippen molar-refractivity contribution in [1.82, 2.24) is 9.97 Å². The molecule has 0 atom stereocenters. The van der Waals surface area contributed by atoms with E-state index in [2.05, 4.69) is 9.97 Å². The molecule has 0 aliphatic carbocycles. The minimum Gasteiger partial charge on any atom is -0.368 e. The molecule has 0 spiro atoms. The lowest BCUT2D eigenvalue weighted by molar-refractivity contribution is 1.07. The van der Waals surface area contributed by atoms with Crippen LogP contribution in [0.5, 0.6) is 0 Å². The SMILES string of the molecule is CC.CC.Cc1cc(C)nc(N)n1. The topological polar surface area (TPSA) is 51.8 Å². The predicted octanol–water partition coefficient (Wildman–Crippen LogP) is 2.73. The van der Waals surface area contributed by atoms with Crippen LogP contribution in [0.15, 0.2) is 6.07 Å². The van der Waals surface area contributed by atoms with Crippen molar-refractivity contribution < 1.29 is 0 Å². The quantitative estimate of drug-likeness (QED) is 0.672. The van der Waals surface area contributed by atoms with Gasteiger partial charge in [-0.05, 0) is 19.9 Å². The highest BCUT2D eigenvalue weighted by atomic mass is 15.0. The minimum atomic E-state index is 0.354. The Kier molecular flexibility index (Phi) is 9.94. The summed E-state index contributed by atoms with van der Waals surface area (Å²) in [6.07, 6.45) is 0. The smallest absolute Gasteiger partial charge is 0.220 e. The molecular weight excluding hydrogens is 162 g/mol. The molecule has 0 bridgehead atoms. The fraction of sp³-hybridized carbons (Fsp3) is 0.600. The first-order valence-corrected chi connectivity index (χ1v) is 4.76. The van der Waals surface area contributed by atoms with Crippen molar-refractivity contribution in [3.05, 3.63) is 17.5 Å². The third-order valence-corrected chi connectivity index (χ3v) is 1.000. The Balaban J connectivity index is 0. The number of nitrogens with two attached hydrogens (primary N) is 1. The standard InChI is InChI=1S/C6H9N3.2C2H6/c1-4-3-5(2)9-6(7)8-4;2*1-2/h3H,1-2H3,(H2,7,8,9);2*1-2H3. The zero-order valence-corrected chi connectivity index (χ0v) is 9.55. The second kappa shape index (κ2) is 8.97. The Labute approximate surface area is 81.4 Å². The van der Waals surface area contributed by atoms with Crippen molar-refractivity contribution in [3.8, 4) is 0 Å². The van der Waals surface area contributed by atoms with Crippen LogP contribution in [0.2, 0.25) is 0 Å². The zero-order chi connectivity index (χ0) is 10.9. The summed E-state index contributed by atoms with van der Waals surface area (Å²) in [6.45, 7) is 11.8. The molecule has 2 N–H and O–H groups in total. The maximum Gasteiger partial charge on any atom is 0.220 e. The van der Waals surface area contributed by atoms with E-state index in [1.807, 2.05) is 47.6 Å². The van der Waals surface area contributed by atoms with Crippen LogP contribution in [0, 0.1) is 13.8 Å². The normalized spacial score (nSPS) is 7.54. The van der Waals surface area contributed by atoms with Gasteiger partial charge in [0.15, 0.2) is 0 Å². The van der Waals surface area contributed by atoms with Crippen LogP contribution in [0.3, 0.4) is 0 Å². The number of aromatic nitrogens is 2. The van der Waals surface area contributed by atoms with Crippen LogP contribution in [0.4, 0.5) is 5.95 Å². The molecule has 0 saturated heterocycles. The number of aryl methyl sites for hydroxylation is 2. The number of nitrogens with zero attached hydrogens (tertiary/aromatic N) is 2. The molecule has 0 aliphatic heterocycles. The minimum absolute atomic E-state index is 0.354. The summed E-state index contributed by atoms with van der Waals surface area (Å²) in [4.78, 5) is 7.80. The van der Waals surface area contributed by atoms with Crippen molar-refractivity contribution in [2.45, 2.75) is 41.5 Å². The molecule has 13 heavy (non-hydrogen) atoms. The van der Waals surface area contributed by atoms with Gasteiger partial charge in [0, 0.05) is 11.4 Å².